The summed E-state index contributed by atoms with van der Waals surface area (Å²) in [7, 11) is 0. The van der Waals surface area contributed by atoms with Crippen molar-refractivity contribution in [3.8, 4) is 5.75 Å². The van der Waals surface area contributed by atoms with Gasteiger partial charge in [-0.25, -0.2) is 0 Å². The van der Waals surface area contributed by atoms with Gasteiger partial charge in [0.15, 0.2) is 0 Å². The molecular formula is C15H24N2O. The van der Waals surface area contributed by atoms with E-state index in [0.29, 0.717) is 5.75 Å². The fraction of sp³-hybridized carbons (Fsp3) is 0.600. The van der Waals surface area contributed by atoms with Crippen molar-refractivity contribution in [1.29, 1.82) is 0 Å². The lowest BCUT2D eigenvalue weighted by molar-refractivity contribution is 0.0971. The van der Waals surface area contributed by atoms with E-state index in [0.717, 1.165) is 19.6 Å². The maximum atomic E-state index is 9.32. The van der Waals surface area contributed by atoms with Crippen molar-refractivity contribution < 1.29 is 5.11 Å². The molecule has 0 unspecified atom stereocenters. The van der Waals surface area contributed by atoms with Crippen LogP contribution in [0.5, 0.6) is 5.75 Å². The Bertz CT molecular complexity index is 369. The van der Waals surface area contributed by atoms with E-state index in [4.69, 9.17) is 5.73 Å². The molecule has 0 amide bonds. The SMILES string of the molecule is CCN(Cc1ccc(O)cc1)C1(CN)CCCC1. The molecular weight excluding hydrogens is 224 g/mol. The van der Waals surface area contributed by atoms with Crippen LogP contribution in [0.15, 0.2) is 24.3 Å². The number of likely N-dealkylation sites (N-methyl/N-ethyl adjacent to an activating group) is 1. The van der Waals surface area contributed by atoms with Gasteiger partial charge < -0.3 is 10.8 Å². The van der Waals surface area contributed by atoms with Crippen LogP contribution in [0.25, 0.3) is 0 Å². The van der Waals surface area contributed by atoms with E-state index in [-0.39, 0.29) is 5.54 Å². The molecule has 18 heavy (non-hydrogen) atoms. The third kappa shape index (κ3) is 2.68. The fourth-order valence-corrected chi connectivity index (χ4v) is 3.12. The minimum Gasteiger partial charge on any atom is -0.508 e. The van der Waals surface area contributed by atoms with E-state index < -0.39 is 0 Å². The van der Waals surface area contributed by atoms with Crippen molar-refractivity contribution in [2.24, 2.45) is 5.73 Å². The molecule has 3 heteroatoms. The first-order chi connectivity index (χ1) is 8.70. The first-order valence-electron chi connectivity index (χ1n) is 6.93. The van der Waals surface area contributed by atoms with Crippen LogP contribution in [0.4, 0.5) is 0 Å². The van der Waals surface area contributed by atoms with E-state index in [9.17, 15) is 5.11 Å². The predicted octanol–water partition coefficient (Wildman–Crippen LogP) is 2.49. The monoisotopic (exact) mass is 248 g/mol. The average molecular weight is 248 g/mol. The minimum atomic E-state index is 0.201. The molecule has 1 fully saturated rings. The molecule has 100 valence electrons. The molecule has 0 aliphatic heterocycles. The Labute approximate surface area is 110 Å². The number of phenols is 1. The molecule has 0 heterocycles. The van der Waals surface area contributed by atoms with Crippen molar-refractivity contribution >= 4 is 0 Å². The van der Waals surface area contributed by atoms with Crippen molar-refractivity contribution in [2.45, 2.75) is 44.7 Å². The van der Waals surface area contributed by atoms with Gasteiger partial charge in [-0.15, -0.1) is 0 Å². The summed E-state index contributed by atoms with van der Waals surface area (Å²) in [4.78, 5) is 2.51. The highest BCUT2D eigenvalue weighted by Crippen LogP contribution is 2.35. The number of nitrogens with two attached hydrogens (primary N) is 1. The number of rotatable bonds is 5. The zero-order valence-corrected chi connectivity index (χ0v) is 11.2. The highest BCUT2D eigenvalue weighted by atomic mass is 16.3. The van der Waals surface area contributed by atoms with Crippen molar-refractivity contribution in [2.75, 3.05) is 13.1 Å². The van der Waals surface area contributed by atoms with E-state index in [1.807, 2.05) is 12.1 Å². The number of benzene rings is 1. The van der Waals surface area contributed by atoms with Gasteiger partial charge in [0.05, 0.1) is 0 Å². The lowest BCUT2D eigenvalue weighted by Crippen LogP contribution is -2.51. The summed E-state index contributed by atoms with van der Waals surface area (Å²) in [6.45, 7) is 4.90. The quantitative estimate of drug-likeness (QED) is 0.841. The van der Waals surface area contributed by atoms with Crippen LogP contribution in [-0.4, -0.2) is 28.6 Å². The molecule has 0 spiro atoms. The Morgan fingerprint density at radius 1 is 1.22 bits per heavy atom. The zero-order chi connectivity index (χ0) is 13.0. The molecule has 1 aliphatic carbocycles. The fourth-order valence-electron chi connectivity index (χ4n) is 3.12. The summed E-state index contributed by atoms with van der Waals surface area (Å²) < 4.78 is 0. The van der Waals surface area contributed by atoms with E-state index >= 15 is 0 Å². The third-order valence-corrected chi connectivity index (χ3v) is 4.28. The normalized spacial score (nSPS) is 18.4. The maximum Gasteiger partial charge on any atom is 0.115 e. The van der Waals surface area contributed by atoms with Crippen LogP contribution in [0.3, 0.4) is 0 Å². The second-order valence-electron chi connectivity index (χ2n) is 5.32. The summed E-state index contributed by atoms with van der Waals surface area (Å²) in [6, 6.07) is 7.51. The van der Waals surface area contributed by atoms with E-state index in [1.54, 1.807) is 12.1 Å². The minimum absolute atomic E-state index is 0.201. The molecule has 2 rings (SSSR count). The second-order valence-corrected chi connectivity index (χ2v) is 5.32. The van der Waals surface area contributed by atoms with Crippen LogP contribution in [-0.2, 0) is 6.54 Å². The number of phenolic OH excluding ortho intramolecular Hbond substituents is 1. The summed E-state index contributed by atoms with van der Waals surface area (Å²) in [5.41, 5.74) is 7.49. The summed E-state index contributed by atoms with van der Waals surface area (Å²) in [5.74, 6) is 0.330. The third-order valence-electron chi connectivity index (χ3n) is 4.28. The largest absolute Gasteiger partial charge is 0.508 e. The molecule has 1 aliphatic rings. The summed E-state index contributed by atoms with van der Waals surface area (Å²) >= 11 is 0. The molecule has 0 bridgehead atoms. The molecule has 1 saturated carbocycles. The Hall–Kier alpha value is -1.06. The molecule has 0 radical (unpaired) electrons. The Kier molecular flexibility index (Phi) is 4.25. The van der Waals surface area contributed by atoms with Crippen molar-refractivity contribution in [3.63, 3.8) is 0 Å². The topological polar surface area (TPSA) is 49.5 Å². The lowest BCUT2D eigenvalue weighted by Gasteiger charge is -2.40. The van der Waals surface area contributed by atoms with Crippen LogP contribution in [0.2, 0.25) is 0 Å². The second kappa shape index (κ2) is 5.72. The highest BCUT2D eigenvalue weighted by molar-refractivity contribution is 5.26. The molecule has 0 aromatic heterocycles. The average Bonchev–Trinajstić information content (AvgIpc) is 2.88. The van der Waals surface area contributed by atoms with Gasteiger partial charge in [0.1, 0.15) is 5.75 Å². The highest BCUT2D eigenvalue weighted by Gasteiger charge is 2.37. The number of nitrogens with zero attached hydrogens (tertiary/aromatic N) is 1. The smallest absolute Gasteiger partial charge is 0.115 e. The van der Waals surface area contributed by atoms with Gasteiger partial charge in [-0.3, -0.25) is 4.90 Å². The maximum absolute atomic E-state index is 9.32. The van der Waals surface area contributed by atoms with Crippen LogP contribution >= 0.6 is 0 Å². The van der Waals surface area contributed by atoms with Gasteiger partial charge in [-0.05, 0) is 37.1 Å². The summed E-state index contributed by atoms with van der Waals surface area (Å²) in [6.07, 6.45) is 5.03. The van der Waals surface area contributed by atoms with Gasteiger partial charge in [0.2, 0.25) is 0 Å². The van der Waals surface area contributed by atoms with Crippen LogP contribution < -0.4 is 5.73 Å². The lowest BCUT2D eigenvalue weighted by atomic mass is 9.94. The van der Waals surface area contributed by atoms with Crippen LogP contribution in [0, 0.1) is 0 Å². The first kappa shape index (κ1) is 13.4. The van der Waals surface area contributed by atoms with Gasteiger partial charge in [0.25, 0.3) is 0 Å². The van der Waals surface area contributed by atoms with Crippen molar-refractivity contribution in [3.05, 3.63) is 29.8 Å². The number of hydrogen-bond acceptors (Lipinski definition) is 3. The Morgan fingerprint density at radius 2 is 1.83 bits per heavy atom. The van der Waals surface area contributed by atoms with Crippen LogP contribution in [0.1, 0.15) is 38.2 Å². The molecule has 3 nitrogen and oxygen atoms in total. The van der Waals surface area contributed by atoms with Gasteiger partial charge in [-0.2, -0.15) is 0 Å². The molecule has 1 aromatic rings. The Morgan fingerprint density at radius 3 is 2.33 bits per heavy atom. The Balaban J connectivity index is 2.11. The molecule has 3 N–H and O–H groups in total. The van der Waals surface area contributed by atoms with Crippen molar-refractivity contribution in [1.82, 2.24) is 4.90 Å². The number of aromatic hydroxyl groups is 1. The molecule has 0 saturated heterocycles. The summed E-state index contributed by atoms with van der Waals surface area (Å²) in [5, 5.41) is 9.32. The van der Waals surface area contributed by atoms with Gasteiger partial charge in [0, 0.05) is 18.6 Å². The standard InChI is InChI=1S/C15H24N2O/c1-2-17(15(12-16)9-3-4-10-15)11-13-5-7-14(18)8-6-13/h5-8,18H,2-4,9-12,16H2,1H3. The van der Waals surface area contributed by atoms with E-state index in [2.05, 4.69) is 11.8 Å². The zero-order valence-electron chi connectivity index (χ0n) is 11.2. The molecule has 1 aromatic carbocycles. The molecule has 0 atom stereocenters. The first-order valence-corrected chi connectivity index (χ1v) is 6.93. The van der Waals surface area contributed by atoms with Gasteiger partial charge >= 0.3 is 0 Å². The predicted molar refractivity (Wildman–Crippen MR) is 74.4 cm³/mol. The van der Waals surface area contributed by atoms with E-state index in [1.165, 1.54) is 31.2 Å². The van der Waals surface area contributed by atoms with Gasteiger partial charge in [-0.1, -0.05) is 31.9 Å². The number of hydrogen-bond donors (Lipinski definition) is 2.